The average Bonchev–Trinajstić information content (AvgIpc) is 3.40. The maximum Gasteiger partial charge on any atom is 0.0546 e. The third kappa shape index (κ3) is 3.75. The van der Waals surface area contributed by atoms with E-state index in [-0.39, 0.29) is 0 Å². The van der Waals surface area contributed by atoms with Crippen molar-refractivity contribution in [3.63, 3.8) is 0 Å². The van der Waals surface area contributed by atoms with Gasteiger partial charge in [-0.25, -0.2) is 0 Å². The molecule has 0 amide bonds. The van der Waals surface area contributed by atoms with Gasteiger partial charge in [-0.1, -0.05) is 91.0 Å². The Labute approximate surface area is 236 Å². The first-order valence-corrected chi connectivity index (χ1v) is 14.3. The van der Waals surface area contributed by atoms with Crippen LogP contribution in [0.5, 0.6) is 0 Å². The van der Waals surface area contributed by atoms with Crippen molar-refractivity contribution in [1.29, 1.82) is 0 Å². The summed E-state index contributed by atoms with van der Waals surface area (Å²) in [4.78, 5) is 6.84. The van der Waals surface area contributed by atoms with Gasteiger partial charge in [-0.05, 0) is 69.8 Å². The number of anilines is 3. The quantitative estimate of drug-likeness (QED) is 0.211. The number of pyridine rings is 1. The molecule has 0 aliphatic rings. The summed E-state index contributed by atoms with van der Waals surface area (Å²) in [5.41, 5.74) is 5.84. The molecule has 0 saturated heterocycles. The van der Waals surface area contributed by atoms with Gasteiger partial charge in [-0.15, -0.1) is 11.3 Å². The molecule has 0 aliphatic carbocycles. The highest BCUT2D eigenvalue weighted by Crippen LogP contribution is 2.44. The summed E-state index contributed by atoms with van der Waals surface area (Å²) in [7, 11) is 0. The Morgan fingerprint density at radius 3 is 2.00 bits per heavy atom. The maximum atomic E-state index is 4.43. The molecule has 2 nitrogen and oxygen atoms in total. The van der Waals surface area contributed by atoms with Crippen molar-refractivity contribution in [3.8, 4) is 11.1 Å². The van der Waals surface area contributed by atoms with Crippen LogP contribution in [0.3, 0.4) is 0 Å². The number of hydrogen-bond donors (Lipinski definition) is 0. The molecular formula is C37H24N2S. The van der Waals surface area contributed by atoms with Crippen LogP contribution in [0.2, 0.25) is 0 Å². The van der Waals surface area contributed by atoms with E-state index >= 15 is 0 Å². The fourth-order valence-electron chi connectivity index (χ4n) is 5.83. The van der Waals surface area contributed by atoms with Gasteiger partial charge in [0.2, 0.25) is 0 Å². The summed E-state index contributed by atoms with van der Waals surface area (Å²) in [5, 5.41) is 7.42. The number of hydrogen-bond acceptors (Lipinski definition) is 3. The topological polar surface area (TPSA) is 16.1 Å². The SMILES string of the molecule is c1ccc(-c2ccc(N(c3ccc4sc5ccncc5c4c3)c3cc4ccccc4c4ccccc34)cc2)cc1. The number of rotatable bonds is 4. The van der Waals surface area contributed by atoms with E-state index in [1.165, 1.54) is 58.5 Å². The minimum absolute atomic E-state index is 1.12. The van der Waals surface area contributed by atoms with Gasteiger partial charge < -0.3 is 4.90 Å². The summed E-state index contributed by atoms with van der Waals surface area (Å²) in [5.74, 6) is 0. The van der Waals surface area contributed by atoms with E-state index in [2.05, 4.69) is 143 Å². The van der Waals surface area contributed by atoms with E-state index < -0.39 is 0 Å². The van der Waals surface area contributed by atoms with E-state index in [1.54, 1.807) is 0 Å². The lowest BCUT2D eigenvalue weighted by Gasteiger charge is -2.28. The van der Waals surface area contributed by atoms with Gasteiger partial charge in [0.25, 0.3) is 0 Å². The average molecular weight is 529 g/mol. The zero-order valence-corrected chi connectivity index (χ0v) is 22.5. The first-order valence-electron chi connectivity index (χ1n) is 13.5. The predicted octanol–water partition coefficient (Wildman–Crippen LogP) is 10.9. The largest absolute Gasteiger partial charge is 0.310 e. The molecule has 0 N–H and O–H groups in total. The molecule has 2 aromatic heterocycles. The highest BCUT2D eigenvalue weighted by molar-refractivity contribution is 7.25. The fourth-order valence-corrected chi connectivity index (χ4v) is 6.88. The van der Waals surface area contributed by atoms with Gasteiger partial charge in [0.1, 0.15) is 0 Å². The second-order valence-electron chi connectivity index (χ2n) is 10.1. The van der Waals surface area contributed by atoms with Crippen molar-refractivity contribution in [1.82, 2.24) is 4.98 Å². The molecule has 0 spiro atoms. The number of aromatic nitrogens is 1. The Kier molecular flexibility index (Phi) is 5.35. The number of thiophene rings is 1. The molecule has 40 heavy (non-hydrogen) atoms. The molecule has 0 aliphatic heterocycles. The first kappa shape index (κ1) is 22.9. The minimum atomic E-state index is 1.12. The summed E-state index contributed by atoms with van der Waals surface area (Å²) in [6, 6.07) is 48.2. The molecule has 8 rings (SSSR count). The van der Waals surface area contributed by atoms with Gasteiger partial charge in [0.05, 0.1) is 5.69 Å². The molecule has 0 unspecified atom stereocenters. The lowest BCUT2D eigenvalue weighted by molar-refractivity contribution is 1.31. The Hall–Kier alpha value is -4.99. The van der Waals surface area contributed by atoms with E-state index in [9.17, 15) is 0 Å². The molecule has 8 aromatic rings. The van der Waals surface area contributed by atoms with Crippen LogP contribution in [0.25, 0.3) is 52.8 Å². The summed E-state index contributed by atoms with van der Waals surface area (Å²) < 4.78 is 2.53. The summed E-state index contributed by atoms with van der Waals surface area (Å²) >= 11 is 1.82. The predicted molar refractivity (Wildman–Crippen MR) is 172 cm³/mol. The Morgan fingerprint density at radius 2 is 1.15 bits per heavy atom. The molecule has 0 saturated carbocycles. The number of nitrogens with zero attached hydrogens (tertiary/aromatic N) is 2. The highest BCUT2D eigenvalue weighted by Gasteiger charge is 2.18. The van der Waals surface area contributed by atoms with Crippen LogP contribution in [0.4, 0.5) is 17.1 Å². The molecule has 3 heteroatoms. The maximum absolute atomic E-state index is 4.43. The van der Waals surface area contributed by atoms with E-state index in [1.807, 2.05) is 23.7 Å². The second-order valence-corrected chi connectivity index (χ2v) is 11.1. The van der Waals surface area contributed by atoms with Gasteiger partial charge in [0.15, 0.2) is 0 Å². The van der Waals surface area contributed by atoms with Crippen molar-refractivity contribution in [2.24, 2.45) is 0 Å². The molecular weight excluding hydrogens is 504 g/mol. The van der Waals surface area contributed by atoms with Crippen molar-refractivity contribution in [3.05, 3.63) is 146 Å². The van der Waals surface area contributed by atoms with Crippen LogP contribution in [0.15, 0.2) is 146 Å². The van der Waals surface area contributed by atoms with Gasteiger partial charge in [0, 0.05) is 49.3 Å². The Bertz CT molecular complexity index is 2160. The zero-order valence-electron chi connectivity index (χ0n) is 21.7. The number of fused-ring (bicyclic) bond motifs is 6. The molecule has 0 fully saturated rings. The van der Waals surface area contributed by atoms with Crippen LogP contribution >= 0.6 is 11.3 Å². The van der Waals surface area contributed by atoms with Gasteiger partial charge in [-0.3, -0.25) is 4.98 Å². The van der Waals surface area contributed by atoms with Crippen molar-refractivity contribution >= 4 is 70.1 Å². The third-order valence-electron chi connectivity index (χ3n) is 7.73. The van der Waals surface area contributed by atoms with Crippen molar-refractivity contribution in [2.75, 3.05) is 4.90 Å². The molecule has 0 radical (unpaired) electrons. The van der Waals surface area contributed by atoms with E-state index in [0.29, 0.717) is 0 Å². The lowest BCUT2D eigenvalue weighted by atomic mass is 9.98. The Balaban J connectivity index is 1.39. The van der Waals surface area contributed by atoms with Crippen LogP contribution in [0.1, 0.15) is 0 Å². The highest BCUT2D eigenvalue weighted by atomic mass is 32.1. The van der Waals surface area contributed by atoms with Crippen LogP contribution in [0, 0.1) is 0 Å². The third-order valence-corrected chi connectivity index (χ3v) is 8.88. The molecule has 0 atom stereocenters. The van der Waals surface area contributed by atoms with Gasteiger partial charge >= 0.3 is 0 Å². The molecule has 0 bridgehead atoms. The monoisotopic (exact) mass is 528 g/mol. The fraction of sp³-hybridized carbons (Fsp3) is 0. The number of benzene rings is 6. The van der Waals surface area contributed by atoms with Crippen molar-refractivity contribution in [2.45, 2.75) is 0 Å². The van der Waals surface area contributed by atoms with Crippen LogP contribution < -0.4 is 4.90 Å². The zero-order chi connectivity index (χ0) is 26.5. The lowest BCUT2D eigenvalue weighted by Crippen LogP contribution is -2.10. The minimum Gasteiger partial charge on any atom is -0.310 e. The Morgan fingerprint density at radius 1 is 0.475 bits per heavy atom. The van der Waals surface area contributed by atoms with Gasteiger partial charge in [-0.2, -0.15) is 0 Å². The first-order chi connectivity index (χ1) is 19.8. The summed E-state index contributed by atoms with van der Waals surface area (Å²) in [6.45, 7) is 0. The summed E-state index contributed by atoms with van der Waals surface area (Å²) in [6.07, 6.45) is 3.86. The molecule has 188 valence electrons. The van der Waals surface area contributed by atoms with Crippen LogP contribution in [-0.4, -0.2) is 4.98 Å². The standard InChI is InChI=1S/C37H24N2S/c1-2-8-25(9-3-1)26-14-16-28(17-15-26)39(29-18-19-36-33(23-29)34-24-38-21-20-37(34)40-36)35-22-27-10-4-5-11-30(27)31-12-6-7-13-32(31)35/h1-24H. The second kappa shape index (κ2) is 9.33. The van der Waals surface area contributed by atoms with E-state index in [4.69, 9.17) is 0 Å². The van der Waals surface area contributed by atoms with E-state index in [0.717, 1.165) is 11.4 Å². The van der Waals surface area contributed by atoms with Crippen LogP contribution in [-0.2, 0) is 0 Å². The smallest absolute Gasteiger partial charge is 0.0546 e. The van der Waals surface area contributed by atoms with Crippen molar-refractivity contribution < 1.29 is 0 Å². The molecule has 6 aromatic carbocycles. The molecule has 2 heterocycles. The normalized spacial score (nSPS) is 11.5.